The second-order valence-corrected chi connectivity index (χ2v) is 7.47. The highest BCUT2D eigenvalue weighted by Crippen LogP contribution is 2.46. The zero-order valence-corrected chi connectivity index (χ0v) is 16.2. The molecule has 2 aromatic rings. The van der Waals surface area contributed by atoms with Crippen LogP contribution in [-0.4, -0.2) is 28.4 Å². The molecule has 0 unspecified atom stereocenters. The number of carbonyl (C=O) groups excluding carboxylic acids is 1. The zero-order valence-electron chi connectivity index (χ0n) is 16.2. The minimum atomic E-state index is -0.727. The van der Waals surface area contributed by atoms with E-state index < -0.39 is 10.5 Å². The maximum Gasteiger partial charge on any atom is 0.273 e. The van der Waals surface area contributed by atoms with E-state index in [1.807, 2.05) is 38.1 Å². The van der Waals surface area contributed by atoms with Crippen LogP contribution in [0.5, 0.6) is 5.75 Å². The Balaban J connectivity index is 1.99. The molecule has 144 valence electrons. The van der Waals surface area contributed by atoms with Crippen LogP contribution in [0.25, 0.3) is 5.70 Å². The smallest absolute Gasteiger partial charge is 0.273 e. The maximum atomic E-state index is 13.2. The Morgan fingerprint density at radius 1 is 1.21 bits per heavy atom. The van der Waals surface area contributed by atoms with E-state index in [0.717, 1.165) is 5.56 Å². The summed E-state index contributed by atoms with van der Waals surface area (Å²) in [5.74, 6) is 0.416. The Hall–Kier alpha value is -3.35. The number of fused-ring (bicyclic) bond motifs is 2. The molecular weight excluding hydrogens is 358 g/mol. The highest BCUT2D eigenvalue weighted by molar-refractivity contribution is 6.04. The Kier molecular flexibility index (Phi) is 3.92. The molecule has 0 fully saturated rings. The van der Waals surface area contributed by atoms with Crippen LogP contribution < -0.4 is 10.1 Å². The molecule has 0 saturated carbocycles. The van der Waals surface area contributed by atoms with E-state index in [2.05, 4.69) is 5.32 Å². The lowest BCUT2D eigenvalue weighted by molar-refractivity contribution is -0.385. The van der Waals surface area contributed by atoms with Crippen LogP contribution in [0.15, 0.2) is 42.1 Å². The van der Waals surface area contributed by atoms with Crippen LogP contribution in [0.2, 0.25) is 0 Å². The number of hydrogen-bond donors (Lipinski definition) is 1. The molecule has 0 bridgehead atoms. The van der Waals surface area contributed by atoms with Gasteiger partial charge in [-0.15, -0.1) is 0 Å². The minimum absolute atomic E-state index is 0.000769. The van der Waals surface area contributed by atoms with Crippen molar-refractivity contribution in [2.45, 2.75) is 32.9 Å². The molecule has 7 nitrogen and oxygen atoms in total. The quantitative estimate of drug-likeness (QED) is 0.650. The van der Waals surface area contributed by atoms with Crippen molar-refractivity contribution in [1.82, 2.24) is 10.2 Å². The Bertz CT molecular complexity index is 1060. The van der Waals surface area contributed by atoms with Crippen LogP contribution in [0.1, 0.15) is 40.9 Å². The fourth-order valence-corrected chi connectivity index (χ4v) is 4.11. The summed E-state index contributed by atoms with van der Waals surface area (Å²) in [7, 11) is 1.77. The van der Waals surface area contributed by atoms with E-state index >= 15 is 0 Å². The molecule has 2 aliphatic rings. The lowest BCUT2D eigenvalue weighted by atomic mass is 9.91. The summed E-state index contributed by atoms with van der Waals surface area (Å²) in [4.78, 5) is 26.0. The van der Waals surface area contributed by atoms with Crippen molar-refractivity contribution < 1.29 is 14.5 Å². The third-order valence-electron chi connectivity index (χ3n) is 5.38. The molecule has 28 heavy (non-hydrogen) atoms. The van der Waals surface area contributed by atoms with E-state index in [1.165, 1.54) is 6.07 Å². The number of carbonyl (C=O) groups is 1. The first-order valence-electron chi connectivity index (χ1n) is 9.06. The molecule has 0 saturated heterocycles. The molecule has 1 N–H and O–H groups in total. The highest BCUT2D eigenvalue weighted by atomic mass is 16.6. The standard InChI is InChI=1S/C21H21N3O4/c1-12-15(24(26)27)9-10-16-17(12)18(19(22-4)21(2,3)28-16)23-11-13-7-5-6-8-14(13)20(23)25/h5-10,22H,11H2,1-4H3. The number of rotatable bonds is 3. The van der Waals surface area contributed by atoms with Gasteiger partial charge >= 0.3 is 0 Å². The summed E-state index contributed by atoms with van der Waals surface area (Å²) in [5.41, 5.74) is 3.27. The summed E-state index contributed by atoms with van der Waals surface area (Å²) in [6.07, 6.45) is 0. The van der Waals surface area contributed by atoms with Crippen LogP contribution in [-0.2, 0) is 6.54 Å². The SMILES string of the molecule is CNC1=C(N2Cc3ccccc3C2=O)c2c(ccc([N+](=O)[O-])c2C)OC1(C)C. The second-order valence-electron chi connectivity index (χ2n) is 7.47. The molecule has 0 aromatic heterocycles. The van der Waals surface area contributed by atoms with E-state index in [0.29, 0.717) is 40.4 Å². The number of benzene rings is 2. The van der Waals surface area contributed by atoms with Gasteiger partial charge in [0.2, 0.25) is 0 Å². The van der Waals surface area contributed by atoms with Crippen molar-refractivity contribution in [1.29, 1.82) is 0 Å². The maximum absolute atomic E-state index is 13.2. The number of amides is 1. The third-order valence-corrected chi connectivity index (χ3v) is 5.38. The van der Waals surface area contributed by atoms with Gasteiger partial charge in [-0.25, -0.2) is 0 Å². The molecule has 0 radical (unpaired) electrons. The van der Waals surface area contributed by atoms with Crippen molar-refractivity contribution in [3.05, 3.63) is 74.5 Å². The van der Waals surface area contributed by atoms with Crippen LogP contribution >= 0.6 is 0 Å². The van der Waals surface area contributed by atoms with Gasteiger partial charge in [0, 0.05) is 24.2 Å². The first-order chi connectivity index (χ1) is 13.3. The van der Waals surface area contributed by atoms with Gasteiger partial charge in [-0.2, -0.15) is 0 Å². The number of ether oxygens (including phenoxy) is 1. The number of likely N-dealkylation sites (N-methyl/N-ethyl adjacent to an activating group) is 1. The van der Waals surface area contributed by atoms with Crippen LogP contribution in [0.4, 0.5) is 5.69 Å². The molecule has 2 aliphatic heterocycles. The topological polar surface area (TPSA) is 84.7 Å². The molecule has 0 atom stereocenters. The summed E-state index contributed by atoms with van der Waals surface area (Å²) < 4.78 is 6.16. The summed E-state index contributed by atoms with van der Waals surface area (Å²) in [5, 5.41) is 14.7. The Morgan fingerprint density at radius 3 is 2.57 bits per heavy atom. The van der Waals surface area contributed by atoms with Gasteiger partial charge in [0.1, 0.15) is 11.4 Å². The van der Waals surface area contributed by atoms with Crippen molar-refractivity contribution in [3.63, 3.8) is 0 Å². The Labute approximate surface area is 162 Å². The molecule has 1 amide bonds. The summed E-state index contributed by atoms with van der Waals surface area (Å²) >= 11 is 0. The van der Waals surface area contributed by atoms with Gasteiger partial charge in [0.05, 0.1) is 28.4 Å². The number of nitrogens with one attached hydrogen (secondary N) is 1. The first-order valence-corrected chi connectivity index (χ1v) is 9.06. The average Bonchev–Trinajstić information content (AvgIpc) is 2.96. The molecule has 2 heterocycles. The van der Waals surface area contributed by atoms with E-state index in [4.69, 9.17) is 4.74 Å². The van der Waals surface area contributed by atoms with Gasteiger partial charge in [-0.1, -0.05) is 18.2 Å². The fraction of sp³-hybridized carbons (Fsp3) is 0.286. The number of nitro benzene ring substituents is 1. The number of nitro groups is 1. The average molecular weight is 379 g/mol. The number of hydrogen-bond acceptors (Lipinski definition) is 5. The van der Waals surface area contributed by atoms with Crippen LogP contribution in [0.3, 0.4) is 0 Å². The summed E-state index contributed by atoms with van der Waals surface area (Å²) in [6, 6.07) is 10.5. The molecule has 4 rings (SSSR count). The van der Waals surface area contributed by atoms with Crippen molar-refractivity contribution >= 4 is 17.3 Å². The molecule has 0 spiro atoms. The second kappa shape index (κ2) is 6.09. The van der Waals surface area contributed by atoms with Crippen molar-refractivity contribution in [2.24, 2.45) is 0 Å². The van der Waals surface area contributed by atoms with E-state index in [-0.39, 0.29) is 11.6 Å². The van der Waals surface area contributed by atoms with Gasteiger partial charge in [-0.3, -0.25) is 14.9 Å². The lowest BCUT2D eigenvalue weighted by Crippen LogP contribution is -2.43. The van der Waals surface area contributed by atoms with E-state index in [1.54, 1.807) is 24.9 Å². The largest absolute Gasteiger partial charge is 0.481 e. The third kappa shape index (κ3) is 2.46. The van der Waals surface area contributed by atoms with Crippen molar-refractivity contribution in [2.75, 3.05) is 7.05 Å². The molecular formula is C21H21N3O4. The number of nitrogens with zero attached hydrogens (tertiary/aromatic N) is 2. The minimum Gasteiger partial charge on any atom is -0.481 e. The van der Waals surface area contributed by atoms with Gasteiger partial charge < -0.3 is 15.0 Å². The predicted octanol–water partition coefficient (Wildman–Crippen LogP) is 3.62. The molecule has 0 aliphatic carbocycles. The lowest BCUT2D eigenvalue weighted by Gasteiger charge is -2.39. The summed E-state index contributed by atoms with van der Waals surface area (Å²) in [6.45, 7) is 5.92. The first kappa shape index (κ1) is 18.0. The Morgan fingerprint density at radius 2 is 1.93 bits per heavy atom. The van der Waals surface area contributed by atoms with Gasteiger partial charge in [0.25, 0.3) is 11.6 Å². The molecule has 2 aromatic carbocycles. The zero-order chi connectivity index (χ0) is 20.2. The predicted molar refractivity (Wildman–Crippen MR) is 105 cm³/mol. The van der Waals surface area contributed by atoms with Gasteiger partial charge in [0.15, 0.2) is 0 Å². The van der Waals surface area contributed by atoms with Crippen molar-refractivity contribution in [3.8, 4) is 5.75 Å². The molecule has 7 heteroatoms. The van der Waals surface area contributed by atoms with Crippen LogP contribution in [0, 0.1) is 17.0 Å². The normalized spacial score (nSPS) is 17.1. The monoisotopic (exact) mass is 379 g/mol. The fourth-order valence-electron chi connectivity index (χ4n) is 4.11. The highest BCUT2D eigenvalue weighted by Gasteiger charge is 2.42. The van der Waals surface area contributed by atoms with Gasteiger partial charge in [-0.05, 0) is 38.5 Å². The van der Waals surface area contributed by atoms with E-state index in [9.17, 15) is 14.9 Å².